The molecule has 4 rings (SSSR count). The van der Waals surface area contributed by atoms with Crippen molar-refractivity contribution in [3.63, 3.8) is 0 Å². The minimum absolute atomic E-state index is 0.0262. The lowest BCUT2D eigenvalue weighted by atomic mass is 10.0. The third-order valence-electron chi connectivity index (χ3n) is 6.45. The number of carbonyl (C=O) groups excluding carboxylic acids is 1. The molecule has 0 bridgehead atoms. The highest BCUT2D eigenvalue weighted by Crippen LogP contribution is 2.33. The molecule has 8 nitrogen and oxygen atoms in total. The summed E-state index contributed by atoms with van der Waals surface area (Å²) in [7, 11) is 0. The summed E-state index contributed by atoms with van der Waals surface area (Å²) in [6, 6.07) is 11.7. The molecule has 0 aliphatic carbocycles. The Balaban J connectivity index is 1.70. The molecule has 3 aromatic rings. The fourth-order valence-electron chi connectivity index (χ4n) is 4.47. The van der Waals surface area contributed by atoms with Crippen molar-refractivity contribution in [3.05, 3.63) is 78.6 Å². The number of aromatic nitrogens is 2. The number of hydrogen-bond donors (Lipinski definition) is 2. The van der Waals surface area contributed by atoms with Crippen molar-refractivity contribution in [3.8, 4) is 0 Å². The maximum atomic E-state index is 13.7. The van der Waals surface area contributed by atoms with E-state index in [9.17, 15) is 14.4 Å². The summed E-state index contributed by atoms with van der Waals surface area (Å²) in [6.07, 6.45) is 2.49. The van der Waals surface area contributed by atoms with E-state index in [4.69, 9.17) is 5.73 Å². The number of nitrogens with zero attached hydrogens (tertiary/aromatic N) is 3. The Bertz CT molecular complexity index is 1260. The number of anilines is 2. The summed E-state index contributed by atoms with van der Waals surface area (Å²) in [5.41, 5.74) is 7.32. The normalized spacial score (nSPS) is 15.8. The molecule has 9 heteroatoms. The first-order valence-electron chi connectivity index (χ1n) is 11.7. The summed E-state index contributed by atoms with van der Waals surface area (Å²) in [6.45, 7) is 5.59. The second kappa shape index (κ2) is 10.4. The fourth-order valence-corrected chi connectivity index (χ4v) is 5.43. The largest absolute Gasteiger partial charge is 0.383 e. The van der Waals surface area contributed by atoms with Crippen LogP contribution in [-0.4, -0.2) is 33.4 Å². The van der Waals surface area contributed by atoms with Gasteiger partial charge < -0.3 is 5.73 Å². The quantitative estimate of drug-likeness (QED) is 0.514. The van der Waals surface area contributed by atoms with Crippen LogP contribution < -0.4 is 21.9 Å². The van der Waals surface area contributed by atoms with E-state index in [1.54, 1.807) is 11.3 Å². The lowest BCUT2D eigenvalue weighted by Crippen LogP contribution is -2.46. The molecule has 180 valence electrons. The lowest BCUT2D eigenvalue weighted by Gasteiger charge is -2.34. The number of aromatic amines is 1. The van der Waals surface area contributed by atoms with Crippen molar-refractivity contribution in [2.45, 2.75) is 52.2 Å². The SMILES string of the molecule is CCCCn1c(N)c(N(Cc2ccccc2)C(=O)CN2CCc3sccc3C2C)c(=O)[nH]c1=O. The Hall–Kier alpha value is -3.17. The van der Waals surface area contributed by atoms with Gasteiger partial charge >= 0.3 is 5.69 Å². The molecule has 1 aliphatic heterocycles. The van der Waals surface area contributed by atoms with E-state index >= 15 is 0 Å². The zero-order valence-corrected chi connectivity index (χ0v) is 20.4. The van der Waals surface area contributed by atoms with Crippen LogP contribution in [0.2, 0.25) is 0 Å². The van der Waals surface area contributed by atoms with Crippen molar-refractivity contribution in [1.82, 2.24) is 14.5 Å². The number of nitrogen functional groups attached to an aromatic ring is 1. The van der Waals surface area contributed by atoms with Crippen LogP contribution in [0, 0.1) is 0 Å². The van der Waals surface area contributed by atoms with Crippen LogP contribution >= 0.6 is 11.3 Å². The number of carbonyl (C=O) groups is 1. The van der Waals surface area contributed by atoms with Crippen molar-refractivity contribution in [1.29, 1.82) is 0 Å². The first kappa shape index (κ1) is 24.0. The molecule has 3 N–H and O–H groups in total. The number of benzene rings is 1. The van der Waals surface area contributed by atoms with Crippen LogP contribution in [-0.2, 0) is 24.3 Å². The molecule has 1 aromatic carbocycles. The van der Waals surface area contributed by atoms with E-state index in [-0.39, 0.29) is 36.5 Å². The predicted octanol–water partition coefficient (Wildman–Crippen LogP) is 3.13. The van der Waals surface area contributed by atoms with E-state index < -0.39 is 11.2 Å². The standard InChI is InChI=1S/C25H31N5O3S/c1-3-4-12-29-23(26)22(24(32)27-25(29)33)30(15-18-8-6-5-7-9-18)21(31)16-28-13-10-20-19(17(28)2)11-14-34-20/h5-9,11,14,17H,3-4,10,12-13,15-16,26H2,1-2H3,(H,27,32,33). The molecule has 1 atom stereocenters. The van der Waals surface area contributed by atoms with Crippen molar-refractivity contribution >= 4 is 28.7 Å². The highest BCUT2D eigenvalue weighted by atomic mass is 32.1. The van der Waals surface area contributed by atoms with Crippen molar-refractivity contribution in [2.75, 3.05) is 23.7 Å². The fraction of sp³-hybridized carbons (Fsp3) is 0.400. The average molecular weight is 482 g/mol. The van der Waals surface area contributed by atoms with Crippen LogP contribution in [0.15, 0.2) is 51.4 Å². The van der Waals surface area contributed by atoms with Crippen LogP contribution in [0.25, 0.3) is 0 Å². The Labute approximate surface area is 202 Å². The molecule has 0 radical (unpaired) electrons. The molecule has 1 amide bonds. The second-order valence-corrected chi connectivity index (χ2v) is 9.66. The van der Waals surface area contributed by atoms with Gasteiger partial charge in [-0.3, -0.25) is 28.9 Å². The van der Waals surface area contributed by atoms with Gasteiger partial charge in [-0.1, -0.05) is 43.7 Å². The topological polar surface area (TPSA) is 104 Å². The smallest absolute Gasteiger partial charge is 0.330 e. The number of unbranched alkanes of at least 4 members (excludes halogenated alkanes) is 1. The molecule has 0 saturated carbocycles. The van der Waals surface area contributed by atoms with Gasteiger partial charge in [0.1, 0.15) is 5.82 Å². The number of nitrogens with two attached hydrogens (primary N) is 1. The molecule has 2 aromatic heterocycles. The molecular formula is C25H31N5O3S. The van der Waals surface area contributed by atoms with Gasteiger partial charge in [0.2, 0.25) is 5.91 Å². The zero-order valence-electron chi connectivity index (χ0n) is 19.6. The Morgan fingerprint density at radius 2 is 2.00 bits per heavy atom. The van der Waals surface area contributed by atoms with Crippen molar-refractivity contribution < 1.29 is 4.79 Å². The zero-order chi connectivity index (χ0) is 24.2. The van der Waals surface area contributed by atoms with Gasteiger partial charge in [-0.15, -0.1) is 11.3 Å². The molecule has 1 unspecified atom stereocenters. The molecule has 0 saturated heterocycles. The summed E-state index contributed by atoms with van der Waals surface area (Å²) in [5.74, 6) is -0.203. The second-order valence-electron chi connectivity index (χ2n) is 8.66. The minimum Gasteiger partial charge on any atom is -0.383 e. The average Bonchev–Trinajstić information content (AvgIpc) is 3.30. The predicted molar refractivity (Wildman–Crippen MR) is 136 cm³/mol. The number of thiophene rings is 1. The Morgan fingerprint density at radius 3 is 2.74 bits per heavy atom. The minimum atomic E-state index is -0.647. The van der Waals surface area contributed by atoms with Gasteiger partial charge in [0.25, 0.3) is 5.56 Å². The highest BCUT2D eigenvalue weighted by molar-refractivity contribution is 7.10. The van der Waals surface area contributed by atoms with E-state index in [1.807, 2.05) is 37.3 Å². The number of rotatable bonds is 8. The number of fused-ring (bicyclic) bond motifs is 1. The first-order chi connectivity index (χ1) is 16.4. The van der Waals surface area contributed by atoms with Crippen LogP contribution in [0.3, 0.4) is 0 Å². The Morgan fingerprint density at radius 1 is 1.24 bits per heavy atom. The van der Waals surface area contributed by atoms with Gasteiger partial charge in [0, 0.05) is 24.0 Å². The number of amides is 1. The molecular weight excluding hydrogens is 450 g/mol. The third-order valence-corrected chi connectivity index (χ3v) is 7.44. The third kappa shape index (κ3) is 4.85. The summed E-state index contributed by atoms with van der Waals surface area (Å²) >= 11 is 1.75. The summed E-state index contributed by atoms with van der Waals surface area (Å²) in [5, 5.41) is 2.09. The molecule has 1 aliphatic rings. The van der Waals surface area contributed by atoms with Gasteiger partial charge in [0.05, 0.1) is 13.1 Å². The van der Waals surface area contributed by atoms with E-state index in [1.165, 1.54) is 19.9 Å². The van der Waals surface area contributed by atoms with E-state index in [0.29, 0.717) is 6.54 Å². The maximum absolute atomic E-state index is 13.7. The Kier molecular flexibility index (Phi) is 7.33. The van der Waals surface area contributed by atoms with Crippen molar-refractivity contribution in [2.24, 2.45) is 0 Å². The molecule has 0 fully saturated rings. The van der Waals surface area contributed by atoms with Gasteiger partial charge in [-0.05, 0) is 42.3 Å². The number of H-pyrrole nitrogens is 1. The van der Waals surface area contributed by atoms with E-state index in [0.717, 1.165) is 31.4 Å². The van der Waals surface area contributed by atoms with Crippen LogP contribution in [0.4, 0.5) is 11.5 Å². The first-order valence-corrected chi connectivity index (χ1v) is 12.6. The number of hydrogen-bond acceptors (Lipinski definition) is 6. The molecule has 0 spiro atoms. The van der Waals surface area contributed by atoms with Crippen LogP contribution in [0.1, 0.15) is 48.7 Å². The summed E-state index contributed by atoms with van der Waals surface area (Å²) in [4.78, 5) is 46.4. The van der Waals surface area contributed by atoms with E-state index in [2.05, 4.69) is 28.3 Å². The maximum Gasteiger partial charge on any atom is 0.330 e. The lowest BCUT2D eigenvalue weighted by molar-refractivity contribution is -0.120. The summed E-state index contributed by atoms with van der Waals surface area (Å²) < 4.78 is 1.35. The number of nitrogens with one attached hydrogen (secondary N) is 1. The van der Waals surface area contributed by atoms with Gasteiger partial charge in [-0.25, -0.2) is 4.79 Å². The molecule has 3 heterocycles. The molecule has 34 heavy (non-hydrogen) atoms. The van der Waals surface area contributed by atoms with Gasteiger partial charge in [-0.2, -0.15) is 0 Å². The monoisotopic (exact) mass is 481 g/mol. The highest BCUT2D eigenvalue weighted by Gasteiger charge is 2.30. The van der Waals surface area contributed by atoms with Gasteiger partial charge in [0.15, 0.2) is 5.69 Å². The van der Waals surface area contributed by atoms with Crippen LogP contribution in [0.5, 0.6) is 0 Å².